The van der Waals surface area contributed by atoms with Crippen molar-refractivity contribution in [1.29, 1.82) is 0 Å². The second-order valence-corrected chi connectivity index (χ2v) is 8.24. The summed E-state index contributed by atoms with van der Waals surface area (Å²) < 4.78 is 5.51. The van der Waals surface area contributed by atoms with E-state index in [1.54, 1.807) is 0 Å². The number of nitrogens with one attached hydrogen (secondary N) is 2. The van der Waals surface area contributed by atoms with Crippen LogP contribution in [0, 0.1) is 13.8 Å². The van der Waals surface area contributed by atoms with Gasteiger partial charge in [0.25, 0.3) is 5.91 Å². The van der Waals surface area contributed by atoms with E-state index in [0.29, 0.717) is 24.4 Å². The van der Waals surface area contributed by atoms with E-state index in [1.165, 1.54) is 0 Å². The molecule has 5 rings (SSSR count). The average Bonchev–Trinajstić information content (AvgIpc) is 3.44. The molecule has 2 amide bonds. The molecule has 1 atom stereocenters. The van der Waals surface area contributed by atoms with E-state index in [4.69, 9.17) is 4.42 Å². The van der Waals surface area contributed by atoms with Crippen molar-refractivity contribution in [2.75, 3.05) is 6.54 Å². The number of fused-ring (bicyclic) bond motifs is 2. The lowest BCUT2D eigenvalue weighted by molar-refractivity contribution is -0.121. The number of para-hydroxylation sites is 1. The van der Waals surface area contributed by atoms with Crippen molar-refractivity contribution >= 4 is 22.7 Å². The Morgan fingerprint density at radius 3 is 2.66 bits per heavy atom. The first-order chi connectivity index (χ1) is 15.5. The van der Waals surface area contributed by atoms with Gasteiger partial charge in [-0.25, -0.2) is 0 Å². The third-order valence-electron chi connectivity index (χ3n) is 6.11. The van der Waals surface area contributed by atoms with Gasteiger partial charge in [0.15, 0.2) is 0 Å². The highest BCUT2D eigenvalue weighted by atomic mass is 16.3. The summed E-state index contributed by atoms with van der Waals surface area (Å²) in [5.74, 6) is 1.38. The molecule has 0 aliphatic carbocycles. The topological polar surface area (TPSA) is 78.3 Å². The number of aromatic amines is 1. The van der Waals surface area contributed by atoms with Gasteiger partial charge in [-0.2, -0.15) is 0 Å². The number of H-pyrrole nitrogens is 1. The molecule has 0 spiro atoms. The van der Waals surface area contributed by atoms with Crippen molar-refractivity contribution in [2.24, 2.45) is 0 Å². The highest BCUT2D eigenvalue weighted by molar-refractivity contribution is 6.01. The quantitative estimate of drug-likeness (QED) is 0.471. The molecule has 0 fully saturated rings. The summed E-state index contributed by atoms with van der Waals surface area (Å²) in [5, 5.41) is 3.99. The molecule has 0 unspecified atom stereocenters. The van der Waals surface area contributed by atoms with E-state index >= 15 is 0 Å². The Balaban J connectivity index is 1.41. The van der Waals surface area contributed by atoms with Crippen LogP contribution in [0.1, 0.15) is 51.2 Å². The number of hydrogen-bond donors (Lipinski definition) is 2. The van der Waals surface area contributed by atoms with Gasteiger partial charge in [-0.15, -0.1) is 0 Å². The zero-order valence-corrected chi connectivity index (χ0v) is 18.1. The van der Waals surface area contributed by atoms with Gasteiger partial charge >= 0.3 is 0 Å². The largest absolute Gasteiger partial charge is 0.465 e. The van der Waals surface area contributed by atoms with Crippen molar-refractivity contribution in [3.8, 4) is 0 Å². The molecule has 2 N–H and O–H groups in total. The maximum absolute atomic E-state index is 13.3. The Bertz CT molecular complexity index is 1320. The molecule has 1 aliphatic rings. The third kappa shape index (κ3) is 3.47. The predicted molar refractivity (Wildman–Crippen MR) is 122 cm³/mol. The smallest absolute Gasteiger partial charge is 0.255 e. The van der Waals surface area contributed by atoms with E-state index in [1.807, 2.05) is 73.3 Å². The Morgan fingerprint density at radius 2 is 1.84 bits per heavy atom. The molecule has 162 valence electrons. The number of aryl methyl sites for hydroxylation is 2. The van der Waals surface area contributed by atoms with Crippen LogP contribution in [0.25, 0.3) is 10.9 Å². The maximum atomic E-state index is 13.3. The van der Waals surface area contributed by atoms with E-state index in [0.717, 1.165) is 33.5 Å². The fourth-order valence-corrected chi connectivity index (χ4v) is 4.64. The predicted octanol–water partition coefficient (Wildman–Crippen LogP) is 4.63. The fourth-order valence-electron chi connectivity index (χ4n) is 4.64. The molecule has 32 heavy (non-hydrogen) atoms. The Labute approximate surface area is 186 Å². The van der Waals surface area contributed by atoms with E-state index in [9.17, 15) is 9.59 Å². The summed E-state index contributed by atoms with van der Waals surface area (Å²) in [6.07, 6.45) is 0.220. The lowest BCUT2D eigenvalue weighted by Crippen LogP contribution is -2.33. The van der Waals surface area contributed by atoms with Crippen LogP contribution in [0.2, 0.25) is 0 Å². The minimum absolute atomic E-state index is 0.0373. The van der Waals surface area contributed by atoms with Crippen LogP contribution >= 0.6 is 0 Å². The summed E-state index contributed by atoms with van der Waals surface area (Å²) >= 11 is 0. The number of aromatic nitrogens is 1. The SMILES string of the molecule is Cc1ccc(CNC(=O)CCN2C(=O)c3ccccc3[C@@H]2c2c(C)[nH]c3ccccc23)o1. The molecule has 2 aromatic heterocycles. The maximum Gasteiger partial charge on any atom is 0.255 e. The number of furan rings is 1. The molecule has 0 radical (unpaired) electrons. The average molecular weight is 428 g/mol. The number of hydrogen-bond acceptors (Lipinski definition) is 3. The van der Waals surface area contributed by atoms with Gasteiger partial charge in [0.2, 0.25) is 5.91 Å². The number of carbonyl (C=O) groups is 2. The molecular formula is C26H25N3O3. The summed E-state index contributed by atoms with van der Waals surface area (Å²) in [6.45, 7) is 4.58. The van der Waals surface area contributed by atoms with Crippen molar-refractivity contribution in [1.82, 2.24) is 15.2 Å². The molecule has 1 aliphatic heterocycles. The molecular weight excluding hydrogens is 402 g/mol. The van der Waals surface area contributed by atoms with Gasteiger partial charge in [0.05, 0.1) is 12.6 Å². The summed E-state index contributed by atoms with van der Waals surface area (Å²) in [4.78, 5) is 31.1. The normalized spacial score (nSPS) is 15.4. The van der Waals surface area contributed by atoms with Gasteiger partial charge in [0.1, 0.15) is 11.5 Å². The van der Waals surface area contributed by atoms with E-state index in [2.05, 4.69) is 16.4 Å². The van der Waals surface area contributed by atoms with Crippen LogP contribution in [0.4, 0.5) is 0 Å². The fraction of sp³-hybridized carbons (Fsp3) is 0.231. The number of benzene rings is 2. The van der Waals surface area contributed by atoms with Crippen molar-refractivity contribution in [3.05, 3.63) is 94.6 Å². The van der Waals surface area contributed by atoms with Crippen LogP contribution in [-0.2, 0) is 11.3 Å². The van der Waals surface area contributed by atoms with Gasteiger partial charge in [0, 0.05) is 40.7 Å². The summed E-state index contributed by atoms with van der Waals surface area (Å²) in [7, 11) is 0. The minimum atomic E-state index is -0.227. The first-order valence-electron chi connectivity index (χ1n) is 10.8. The van der Waals surface area contributed by atoms with Gasteiger partial charge in [-0.1, -0.05) is 36.4 Å². The zero-order chi connectivity index (χ0) is 22.2. The lowest BCUT2D eigenvalue weighted by atomic mass is 9.95. The standard InChI is InChI=1S/C26H25N3O3/c1-16-11-12-18(32-16)15-27-23(30)13-14-29-25(19-7-3-4-8-20(19)26(29)31)24-17(2)28-22-10-6-5-9-21(22)24/h3-12,25,28H,13-15H2,1-2H3,(H,27,30)/t25-/m1/s1. The van der Waals surface area contributed by atoms with Gasteiger partial charge in [-0.05, 0) is 43.7 Å². The van der Waals surface area contributed by atoms with E-state index < -0.39 is 0 Å². The number of carbonyl (C=O) groups excluding carboxylic acids is 2. The summed E-state index contributed by atoms with van der Waals surface area (Å²) in [5.41, 5.74) is 4.85. The van der Waals surface area contributed by atoms with Gasteiger partial charge < -0.3 is 19.6 Å². The first kappa shape index (κ1) is 20.1. The summed E-state index contributed by atoms with van der Waals surface area (Å²) in [6, 6.07) is 19.4. The monoisotopic (exact) mass is 427 g/mol. The van der Waals surface area contributed by atoms with Crippen molar-refractivity contribution < 1.29 is 14.0 Å². The van der Waals surface area contributed by atoms with Crippen LogP contribution in [0.5, 0.6) is 0 Å². The molecule has 0 bridgehead atoms. The van der Waals surface area contributed by atoms with Crippen molar-refractivity contribution in [2.45, 2.75) is 32.9 Å². The highest BCUT2D eigenvalue weighted by Gasteiger charge is 2.39. The molecule has 6 heteroatoms. The molecule has 0 saturated carbocycles. The van der Waals surface area contributed by atoms with Crippen LogP contribution < -0.4 is 5.32 Å². The molecule has 4 aromatic rings. The second kappa shape index (κ2) is 8.04. The van der Waals surface area contributed by atoms with E-state index in [-0.39, 0.29) is 24.3 Å². The number of nitrogens with zero attached hydrogens (tertiary/aromatic N) is 1. The van der Waals surface area contributed by atoms with Crippen LogP contribution in [-0.4, -0.2) is 28.2 Å². The molecule has 3 heterocycles. The molecule has 0 saturated heterocycles. The zero-order valence-electron chi connectivity index (χ0n) is 18.1. The third-order valence-corrected chi connectivity index (χ3v) is 6.11. The lowest BCUT2D eigenvalue weighted by Gasteiger charge is -2.26. The Morgan fingerprint density at radius 1 is 1.06 bits per heavy atom. The Kier molecular flexibility index (Phi) is 5.05. The molecule has 6 nitrogen and oxygen atoms in total. The van der Waals surface area contributed by atoms with Crippen molar-refractivity contribution in [3.63, 3.8) is 0 Å². The Hall–Kier alpha value is -3.80. The number of rotatable bonds is 6. The van der Waals surface area contributed by atoms with Gasteiger partial charge in [-0.3, -0.25) is 9.59 Å². The second-order valence-electron chi connectivity index (χ2n) is 8.24. The van der Waals surface area contributed by atoms with Crippen LogP contribution in [0.3, 0.4) is 0 Å². The molecule has 2 aromatic carbocycles. The number of amides is 2. The highest BCUT2D eigenvalue weighted by Crippen LogP contribution is 2.42. The minimum Gasteiger partial charge on any atom is -0.465 e. The first-order valence-corrected chi connectivity index (χ1v) is 10.8. The van der Waals surface area contributed by atoms with Crippen LogP contribution in [0.15, 0.2) is 65.1 Å².